The zero-order valence-corrected chi connectivity index (χ0v) is 11.9. The molecule has 0 spiro atoms. The zero-order chi connectivity index (χ0) is 19.2. The summed E-state index contributed by atoms with van der Waals surface area (Å²) in [5.41, 5.74) is -3.74. The minimum Gasteiger partial charge on any atom is -0.481 e. The molecule has 0 aromatic heterocycles. The van der Waals surface area contributed by atoms with Gasteiger partial charge in [0.2, 0.25) is 0 Å². The zero-order valence-electron chi connectivity index (χ0n) is 11.9. The van der Waals surface area contributed by atoms with Crippen molar-refractivity contribution < 1.29 is 59.4 Å². The summed E-state index contributed by atoms with van der Waals surface area (Å²) in [6.45, 7) is 0. The fraction of sp³-hybridized carbons (Fsp3) is 0.500. The molecule has 0 aromatic rings. The van der Waals surface area contributed by atoms with Crippen molar-refractivity contribution in [2.24, 2.45) is 17.3 Å². The van der Waals surface area contributed by atoms with E-state index in [4.69, 9.17) is 30.6 Å². The fourth-order valence-electron chi connectivity index (χ4n) is 2.14. The van der Waals surface area contributed by atoms with Crippen molar-refractivity contribution >= 4 is 35.8 Å². The summed E-state index contributed by atoms with van der Waals surface area (Å²) in [7, 11) is 0. The van der Waals surface area contributed by atoms with E-state index in [1.54, 1.807) is 0 Å². The molecule has 12 heteroatoms. The molecule has 2 atom stereocenters. The Kier molecular flexibility index (Phi) is 6.85. The molecular formula is C12H14O12. The van der Waals surface area contributed by atoms with Crippen LogP contribution in [0.2, 0.25) is 0 Å². The van der Waals surface area contributed by atoms with Crippen LogP contribution in [0.5, 0.6) is 0 Å². The molecule has 0 saturated carbocycles. The van der Waals surface area contributed by atoms with E-state index in [0.717, 1.165) is 0 Å². The van der Waals surface area contributed by atoms with E-state index in [1.807, 2.05) is 0 Å². The van der Waals surface area contributed by atoms with Crippen LogP contribution in [-0.4, -0.2) is 66.5 Å². The molecule has 0 heterocycles. The van der Waals surface area contributed by atoms with Crippen LogP contribution in [0, 0.1) is 17.3 Å². The number of rotatable bonds is 11. The summed E-state index contributed by atoms with van der Waals surface area (Å²) >= 11 is 0. The van der Waals surface area contributed by atoms with Gasteiger partial charge >= 0.3 is 35.8 Å². The van der Waals surface area contributed by atoms with Gasteiger partial charge in [-0.3, -0.25) is 28.8 Å². The van der Waals surface area contributed by atoms with Gasteiger partial charge in [-0.15, -0.1) is 0 Å². The number of hydrogen-bond acceptors (Lipinski definition) is 6. The Bertz CT molecular complexity index is 541. The Hall–Kier alpha value is -3.18. The van der Waals surface area contributed by atoms with Gasteiger partial charge in [-0.2, -0.15) is 0 Å². The van der Waals surface area contributed by atoms with E-state index < -0.39 is 72.3 Å². The summed E-state index contributed by atoms with van der Waals surface area (Å²) in [6.07, 6.45) is -2.65. The highest BCUT2D eigenvalue weighted by Crippen LogP contribution is 2.35. The lowest BCUT2D eigenvalue weighted by Gasteiger charge is -2.27. The number of aliphatic carboxylic acids is 6. The third-order valence-electron chi connectivity index (χ3n) is 3.41. The van der Waals surface area contributed by atoms with Gasteiger partial charge < -0.3 is 30.6 Å². The molecule has 134 valence electrons. The molecule has 12 nitrogen and oxygen atoms in total. The van der Waals surface area contributed by atoms with E-state index in [-0.39, 0.29) is 0 Å². The molecule has 0 aliphatic rings. The van der Waals surface area contributed by atoms with Gasteiger partial charge in [0.15, 0.2) is 0 Å². The van der Waals surface area contributed by atoms with Gasteiger partial charge in [0.05, 0.1) is 18.3 Å². The largest absolute Gasteiger partial charge is 0.481 e. The topological polar surface area (TPSA) is 224 Å². The van der Waals surface area contributed by atoms with Crippen LogP contribution in [0.1, 0.15) is 19.3 Å². The van der Waals surface area contributed by atoms with E-state index in [0.29, 0.717) is 0 Å². The molecule has 0 aliphatic carbocycles. The lowest BCUT2D eigenvalue weighted by molar-refractivity contribution is -0.186. The predicted octanol–water partition coefficient (Wildman–Crippen LogP) is -1.12. The lowest BCUT2D eigenvalue weighted by Crippen LogP contribution is -2.54. The summed E-state index contributed by atoms with van der Waals surface area (Å²) in [4.78, 5) is 66.2. The minimum atomic E-state index is -3.74. The third kappa shape index (κ3) is 4.18. The first-order valence-electron chi connectivity index (χ1n) is 6.26. The first-order valence-corrected chi connectivity index (χ1v) is 6.26. The molecule has 0 amide bonds. The Morgan fingerprint density at radius 2 is 1.08 bits per heavy atom. The van der Waals surface area contributed by atoms with Crippen LogP contribution in [0.4, 0.5) is 0 Å². The van der Waals surface area contributed by atoms with Crippen LogP contribution in [0.15, 0.2) is 0 Å². The van der Waals surface area contributed by atoms with Gasteiger partial charge in [-0.05, 0) is 12.8 Å². The molecule has 6 N–H and O–H groups in total. The van der Waals surface area contributed by atoms with Crippen LogP contribution in [0.25, 0.3) is 0 Å². The van der Waals surface area contributed by atoms with Crippen molar-refractivity contribution in [2.45, 2.75) is 19.3 Å². The second-order valence-electron chi connectivity index (χ2n) is 4.82. The first-order chi connectivity index (χ1) is 10.9. The third-order valence-corrected chi connectivity index (χ3v) is 3.41. The summed E-state index contributed by atoms with van der Waals surface area (Å²) < 4.78 is 0. The fourth-order valence-corrected chi connectivity index (χ4v) is 2.14. The molecule has 0 rings (SSSR count). The molecule has 0 aliphatic heterocycles. The maximum Gasteiger partial charge on any atom is 0.333 e. The van der Waals surface area contributed by atoms with E-state index in [9.17, 15) is 28.8 Å². The highest BCUT2D eigenvalue weighted by atomic mass is 16.4. The molecular weight excluding hydrogens is 336 g/mol. The van der Waals surface area contributed by atoms with E-state index >= 15 is 0 Å². The molecule has 24 heavy (non-hydrogen) atoms. The molecule has 0 radical (unpaired) electrons. The second-order valence-corrected chi connectivity index (χ2v) is 4.82. The SMILES string of the molecule is O=C(O)CC(CCC(C(=O)O)C(C(=O)O)(C(=O)O)C(=O)O)C(=O)O. The Labute approximate surface area is 132 Å². The predicted molar refractivity (Wildman–Crippen MR) is 69.1 cm³/mol. The van der Waals surface area contributed by atoms with Gasteiger partial charge in [-0.25, -0.2) is 0 Å². The van der Waals surface area contributed by atoms with Crippen molar-refractivity contribution in [2.75, 3.05) is 0 Å². The monoisotopic (exact) mass is 350 g/mol. The lowest BCUT2D eigenvalue weighted by atomic mass is 9.72. The van der Waals surface area contributed by atoms with Crippen molar-refractivity contribution in [3.05, 3.63) is 0 Å². The Morgan fingerprint density at radius 1 is 0.667 bits per heavy atom. The molecule has 2 unspecified atom stereocenters. The van der Waals surface area contributed by atoms with Crippen LogP contribution < -0.4 is 0 Å². The molecule has 0 saturated heterocycles. The van der Waals surface area contributed by atoms with Crippen molar-refractivity contribution in [1.82, 2.24) is 0 Å². The average Bonchev–Trinajstić information content (AvgIpc) is 2.39. The Morgan fingerprint density at radius 3 is 1.33 bits per heavy atom. The molecule has 0 bridgehead atoms. The number of carboxylic acid groups (broad SMARTS) is 6. The van der Waals surface area contributed by atoms with Crippen LogP contribution >= 0.6 is 0 Å². The smallest absolute Gasteiger partial charge is 0.333 e. The molecule has 0 aromatic carbocycles. The first kappa shape index (κ1) is 20.8. The second kappa shape index (κ2) is 7.89. The minimum absolute atomic E-state index is 0.742. The van der Waals surface area contributed by atoms with Gasteiger partial charge in [0.1, 0.15) is 0 Å². The highest BCUT2D eigenvalue weighted by molar-refractivity contribution is 6.18. The maximum absolute atomic E-state index is 11.2. The highest BCUT2D eigenvalue weighted by Gasteiger charge is 2.62. The quantitative estimate of drug-likeness (QED) is 0.244. The van der Waals surface area contributed by atoms with E-state index in [2.05, 4.69) is 0 Å². The number of carboxylic acids is 6. The number of carbonyl (C=O) groups is 6. The summed E-state index contributed by atoms with van der Waals surface area (Å²) in [5.74, 6) is -16.7. The maximum atomic E-state index is 11.2. The average molecular weight is 350 g/mol. The van der Waals surface area contributed by atoms with Crippen LogP contribution in [-0.2, 0) is 28.8 Å². The van der Waals surface area contributed by atoms with E-state index in [1.165, 1.54) is 0 Å². The van der Waals surface area contributed by atoms with Crippen molar-refractivity contribution in [1.29, 1.82) is 0 Å². The normalized spacial score (nSPS) is 13.5. The standard InChI is InChI=1S/C12H14O12/c13-6(14)3-4(7(15)16)1-2-5(8(17)18)12(9(19)20,10(21)22)11(23)24/h4-5H,1-3H2,(H,13,14)(H,15,16)(H,17,18)(H,19,20)(H,21,22)(H,23,24). The number of hydrogen-bond donors (Lipinski definition) is 6. The van der Waals surface area contributed by atoms with Crippen molar-refractivity contribution in [3.63, 3.8) is 0 Å². The van der Waals surface area contributed by atoms with Gasteiger partial charge in [0.25, 0.3) is 5.41 Å². The summed E-state index contributed by atoms with van der Waals surface area (Å²) in [5, 5.41) is 53.4. The van der Waals surface area contributed by atoms with Gasteiger partial charge in [0, 0.05) is 0 Å². The van der Waals surface area contributed by atoms with Crippen LogP contribution in [0.3, 0.4) is 0 Å². The molecule has 0 fully saturated rings. The summed E-state index contributed by atoms with van der Waals surface area (Å²) in [6, 6.07) is 0. The van der Waals surface area contributed by atoms with Gasteiger partial charge in [-0.1, -0.05) is 0 Å². The Balaban J connectivity index is 5.77. The van der Waals surface area contributed by atoms with Crippen molar-refractivity contribution in [3.8, 4) is 0 Å².